The molecule has 2 atom stereocenters. The van der Waals surface area contributed by atoms with Crippen molar-refractivity contribution < 1.29 is 9.53 Å². The molecule has 112 valence electrons. The molecule has 0 radical (unpaired) electrons. The molecular formula is C16H21N3O2. The number of amides is 1. The molecule has 0 saturated carbocycles. The maximum absolute atomic E-state index is 12.1. The maximum atomic E-state index is 12.1. The van der Waals surface area contributed by atoms with E-state index in [-0.39, 0.29) is 24.7 Å². The number of likely N-dealkylation sites (N-methyl/N-ethyl adjacent to an activating group) is 1. The molecule has 0 spiro atoms. The number of nitrogens with zero attached hydrogens (tertiary/aromatic N) is 3. The zero-order chi connectivity index (χ0) is 15.0. The monoisotopic (exact) mass is 287 g/mol. The van der Waals surface area contributed by atoms with Gasteiger partial charge in [-0.15, -0.1) is 0 Å². The van der Waals surface area contributed by atoms with E-state index in [9.17, 15) is 4.79 Å². The number of hydrogen-bond donors (Lipinski definition) is 0. The molecule has 0 aliphatic carbocycles. The number of benzodiazepines with no additional fused rings is 1. The topological polar surface area (TPSA) is 45.1 Å². The first-order chi connectivity index (χ1) is 10.1. The van der Waals surface area contributed by atoms with Gasteiger partial charge in [0.15, 0.2) is 0 Å². The lowest BCUT2D eigenvalue weighted by molar-refractivity contribution is -0.116. The minimum absolute atomic E-state index is 0.0202. The lowest BCUT2D eigenvalue weighted by Gasteiger charge is -2.37. The van der Waals surface area contributed by atoms with Gasteiger partial charge >= 0.3 is 0 Å². The number of aliphatic imine (C=N–C) groups is 1. The second-order valence-electron chi connectivity index (χ2n) is 5.77. The summed E-state index contributed by atoms with van der Waals surface area (Å²) in [5.41, 5.74) is 1.94. The van der Waals surface area contributed by atoms with Crippen LogP contribution in [0.15, 0.2) is 29.3 Å². The number of rotatable bonds is 0. The Morgan fingerprint density at radius 2 is 1.86 bits per heavy atom. The lowest BCUT2D eigenvalue weighted by atomic mass is 10.1. The number of hydrogen-bond acceptors (Lipinski definition) is 4. The van der Waals surface area contributed by atoms with Crippen LogP contribution in [0.5, 0.6) is 0 Å². The Morgan fingerprint density at radius 1 is 1.19 bits per heavy atom. The Hall–Kier alpha value is -1.88. The molecule has 0 unspecified atom stereocenters. The van der Waals surface area contributed by atoms with E-state index in [1.807, 2.05) is 31.3 Å². The summed E-state index contributed by atoms with van der Waals surface area (Å²) in [6.07, 6.45) is 0.334. The average Bonchev–Trinajstić information content (AvgIpc) is 2.57. The average molecular weight is 287 g/mol. The van der Waals surface area contributed by atoms with Gasteiger partial charge in [-0.3, -0.25) is 9.79 Å². The van der Waals surface area contributed by atoms with Crippen LogP contribution in [0.2, 0.25) is 0 Å². The van der Waals surface area contributed by atoms with Crippen LogP contribution in [-0.4, -0.2) is 55.5 Å². The fraction of sp³-hybridized carbons (Fsp3) is 0.500. The van der Waals surface area contributed by atoms with Crippen molar-refractivity contribution in [1.29, 1.82) is 0 Å². The fourth-order valence-corrected chi connectivity index (χ4v) is 3.04. The van der Waals surface area contributed by atoms with Crippen molar-refractivity contribution >= 4 is 17.4 Å². The van der Waals surface area contributed by atoms with Crippen LogP contribution in [0.25, 0.3) is 0 Å². The standard InChI is InChI=1S/C16H21N3O2/c1-11-9-19(10-12(2)21-11)16-13-6-4-5-7-14(13)18(3)15(20)8-17-16/h4-7,11-12H,8-10H2,1-3H3/t11-,12+. The lowest BCUT2D eigenvalue weighted by Crippen LogP contribution is -2.48. The van der Waals surface area contributed by atoms with Crippen LogP contribution < -0.4 is 4.90 Å². The highest BCUT2D eigenvalue weighted by molar-refractivity contribution is 6.10. The Labute approximate surface area is 125 Å². The van der Waals surface area contributed by atoms with Crippen molar-refractivity contribution in [2.75, 3.05) is 31.6 Å². The first-order valence-corrected chi connectivity index (χ1v) is 7.37. The quantitative estimate of drug-likeness (QED) is 0.727. The minimum Gasteiger partial charge on any atom is -0.372 e. The first-order valence-electron chi connectivity index (χ1n) is 7.37. The molecule has 1 aromatic rings. The number of fused-ring (bicyclic) bond motifs is 1. The number of amidine groups is 1. The summed E-state index contributed by atoms with van der Waals surface area (Å²) in [7, 11) is 1.81. The van der Waals surface area contributed by atoms with Crippen LogP contribution in [0.1, 0.15) is 19.4 Å². The third-order valence-corrected chi connectivity index (χ3v) is 3.96. The van der Waals surface area contributed by atoms with Crippen molar-refractivity contribution in [3.8, 4) is 0 Å². The normalized spacial score (nSPS) is 26.2. The highest BCUT2D eigenvalue weighted by Crippen LogP contribution is 2.25. The van der Waals surface area contributed by atoms with Crippen LogP contribution in [0, 0.1) is 0 Å². The molecule has 2 aliphatic heterocycles. The van der Waals surface area contributed by atoms with E-state index in [4.69, 9.17) is 4.74 Å². The van der Waals surface area contributed by atoms with E-state index >= 15 is 0 Å². The number of benzene rings is 1. The van der Waals surface area contributed by atoms with Crippen molar-refractivity contribution in [2.24, 2.45) is 4.99 Å². The molecule has 0 bridgehead atoms. The number of carbonyl (C=O) groups is 1. The maximum Gasteiger partial charge on any atom is 0.248 e. The van der Waals surface area contributed by atoms with Crippen molar-refractivity contribution in [3.63, 3.8) is 0 Å². The predicted octanol–water partition coefficient (Wildman–Crippen LogP) is 1.52. The number of para-hydroxylation sites is 1. The summed E-state index contributed by atoms with van der Waals surface area (Å²) < 4.78 is 5.79. The third kappa shape index (κ3) is 2.65. The van der Waals surface area contributed by atoms with Crippen LogP contribution >= 0.6 is 0 Å². The van der Waals surface area contributed by atoms with Gasteiger partial charge in [-0.2, -0.15) is 0 Å². The molecule has 0 aromatic heterocycles. The second-order valence-corrected chi connectivity index (χ2v) is 5.77. The van der Waals surface area contributed by atoms with E-state index in [0.717, 1.165) is 30.2 Å². The van der Waals surface area contributed by atoms with Gasteiger partial charge in [0.1, 0.15) is 12.4 Å². The molecule has 3 rings (SSSR count). The van der Waals surface area contributed by atoms with Gasteiger partial charge in [0.05, 0.1) is 17.9 Å². The van der Waals surface area contributed by atoms with E-state index in [0.29, 0.717) is 0 Å². The predicted molar refractivity (Wildman–Crippen MR) is 82.8 cm³/mol. The first kappa shape index (κ1) is 14.1. The summed E-state index contributed by atoms with van der Waals surface area (Å²) in [6.45, 7) is 5.94. The molecule has 1 amide bonds. The van der Waals surface area contributed by atoms with Crippen LogP contribution in [-0.2, 0) is 9.53 Å². The summed E-state index contributed by atoms with van der Waals surface area (Å²) in [6, 6.07) is 7.96. The van der Waals surface area contributed by atoms with Crippen molar-refractivity contribution in [2.45, 2.75) is 26.1 Å². The summed E-state index contributed by atoms with van der Waals surface area (Å²) in [5, 5.41) is 0. The molecule has 21 heavy (non-hydrogen) atoms. The zero-order valence-corrected chi connectivity index (χ0v) is 12.7. The Morgan fingerprint density at radius 3 is 2.57 bits per heavy atom. The molecule has 1 aromatic carbocycles. The second kappa shape index (κ2) is 5.48. The van der Waals surface area contributed by atoms with Gasteiger partial charge in [-0.25, -0.2) is 0 Å². The number of anilines is 1. The zero-order valence-electron chi connectivity index (χ0n) is 12.7. The molecule has 5 nitrogen and oxygen atoms in total. The third-order valence-electron chi connectivity index (χ3n) is 3.96. The van der Waals surface area contributed by atoms with Crippen LogP contribution in [0.3, 0.4) is 0 Å². The van der Waals surface area contributed by atoms with Crippen molar-refractivity contribution in [3.05, 3.63) is 29.8 Å². The molecule has 1 fully saturated rings. The smallest absolute Gasteiger partial charge is 0.248 e. The molecule has 5 heteroatoms. The molecular weight excluding hydrogens is 266 g/mol. The van der Waals surface area contributed by atoms with Gasteiger partial charge in [0, 0.05) is 25.7 Å². The highest BCUT2D eigenvalue weighted by Gasteiger charge is 2.29. The molecule has 2 aliphatic rings. The number of ether oxygens (including phenoxy) is 1. The van der Waals surface area contributed by atoms with Gasteiger partial charge < -0.3 is 14.5 Å². The van der Waals surface area contributed by atoms with E-state index < -0.39 is 0 Å². The minimum atomic E-state index is 0.0202. The van der Waals surface area contributed by atoms with E-state index in [1.54, 1.807) is 4.90 Å². The SMILES string of the molecule is C[C@@H]1CN(C2=NCC(=O)N(C)c3ccccc32)C[C@H](C)O1. The highest BCUT2D eigenvalue weighted by atomic mass is 16.5. The Kier molecular flexibility index (Phi) is 3.68. The van der Waals surface area contributed by atoms with Gasteiger partial charge in [0.25, 0.3) is 0 Å². The van der Waals surface area contributed by atoms with Gasteiger partial charge in [-0.05, 0) is 26.0 Å². The Bertz CT molecular complexity index is 575. The molecule has 2 heterocycles. The molecule has 1 saturated heterocycles. The van der Waals surface area contributed by atoms with Gasteiger partial charge in [0.2, 0.25) is 5.91 Å². The van der Waals surface area contributed by atoms with Crippen LogP contribution in [0.4, 0.5) is 5.69 Å². The molecule has 0 N–H and O–H groups in total. The number of carbonyl (C=O) groups excluding carboxylic acids is 1. The summed E-state index contributed by atoms with van der Waals surface area (Å²) >= 11 is 0. The van der Waals surface area contributed by atoms with Gasteiger partial charge in [-0.1, -0.05) is 12.1 Å². The summed E-state index contributed by atoms with van der Waals surface area (Å²) in [5.74, 6) is 0.928. The fourth-order valence-electron chi connectivity index (χ4n) is 3.04. The number of morpholine rings is 1. The summed E-state index contributed by atoms with van der Waals surface area (Å²) in [4.78, 5) is 20.6. The van der Waals surface area contributed by atoms with E-state index in [1.165, 1.54) is 0 Å². The Balaban J connectivity index is 2.01. The van der Waals surface area contributed by atoms with Crippen molar-refractivity contribution in [1.82, 2.24) is 4.90 Å². The van der Waals surface area contributed by atoms with E-state index in [2.05, 4.69) is 23.7 Å². The largest absolute Gasteiger partial charge is 0.372 e.